The number of anilines is 1. The molecule has 3 rings (SSSR count). The minimum atomic E-state index is 0.713. The van der Waals surface area contributed by atoms with Gasteiger partial charge in [-0.15, -0.1) is 11.3 Å². The lowest BCUT2D eigenvalue weighted by Gasteiger charge is -2.12. The summed E-state index contributed by atoms with van der Waals surface area (Å²) in [6, 6.07) is 0. The molecule has 1 atom stereocenters. The van der Waals surface area contributed by atoms with Crippen molar-refractivity contribution in [2.45, 2.75) is 27.2 Å². The largest absolute Gasteiger partial charge is 0.369 e. The number of aryl methyl sites for hydroxylation is 3. The van der Waals surface area contributed by atoms with Crippen LogP contribution >= 0.6 is 11.3 Å². The summed E-state index contributed by atoms with van der Waals surface area (Å²) < 4.78 is 0. The van der Waals surface area contributed by atoms with Gasteiger partial charge < -0.3 is 10.6 Å². The molecule has 0 bridgehead atoms. The number of thiophene rings is 1. The van der Waals surface area contributed by atoms with Gasteiger partial charge in [0.05, 0.1) is 5.39 Å². The van der Waals surface area contributed by atoms with Crippen molar-refractivity contribution in [2.75, 3.05) is 25.0 Å². The number of nitrogens with zero attached hydrogens (tertiary/aromatic N) is 2. The number of hydrogen-bond acceptors (Lipinski definition) is 5. The molecule has 0 saturated carbocycles. The van der Waals surface area contributed by atoms with E-state index in [9.17, 15) is 0 Å². The summed E-state index contributed by atoms with van der Waals surface area (Å²) in [4.78, 5) is 11.6. The van der Waals surface area contributed by atoms with Gasteiger partial charge in [-0.05, 0) is 51.8 Å². The Morgan fingerprint density at radius 2 is 2.16 bits per heavy atom. The summed E-state index contributed by atoms with van der Waals surface area (Å²) >= 11 is 1.76. The van der Waals surface area contributed by atoms with E-state index < -0.39 is 0 Å². The second kappa shape index (κ2) is 5.06. The third-order valence-electron chi connectivity index (χ3n) is 3.86. The zero-order valence-electron chi connectivity index (χ0n) is 11.7. The molecule has 1 saturated heterocycles. The van der Waals surface area contributed by atoms with Crippen molar-refractivity contribution in [3.8, 4) is 0 Å². The topological polar surface area (TPSA) is 49.8 Å². The highest BCUT2D eigenvalue weighted by molar-refractivity contribution is 7.18. The molecule has 0 radical (unpaired) electrons. The molecule has 0 amide bonds. The fourth-order valence-electron chi connectivity index (χ4n) is 2.61. The predicted octanol–water partition coefficient (Wildman–Crippen LogP) is 2.64. The molecule has 3 heterocycles. The second-order valence-electron chi connectivity index (χ2n) is 5.32. The van der Waals surface area contributed by atoms with E-state index in [1.54, 1.807) is 11.3 Å². The van der Waals surface area contributed by atoms with Crippen molar-refractivity contribution in [2.24, 2.45) is 5.92 Å². The third kappa shape index (κ3) is 2.44. The molecule has 102 valence electrons. The Bertz CT molecular complexity index is 599. The standard InChI is InChI=1S/C14H20N4S/c1-8-9(2)19-14-12(8)13(17-10(3)18-14)16-7-11-4-5-15-6-11/h11,15H,4-7H2,1-3H3,(H,16,17,18). The lowest BCUT2D eigenvalue weighted by atomic mass is 10.1. The van der Waals surface area contributed by atoms with Crippen LogP contribution in [0.5, 0.6) is 0 Å². The van der Waals surface area contributed by atoms with Gasteiger partial charge in [0.1, 0.15) is 16.5 Å². The molecule has 1 fully saturated rings. The molecule has 2 aromatic heterocycles. The summed E-state index contributed by atoms with van der Waals surface area (Å²) in [5.74, 6) is 2.57. The van der Waals surface area contributed by atoms with Crippen molar-refractivity contribution < 1.29 is 0 Å². The minimum absolute atomic E-state index is 0.713. The van der Waals surface area contributed by atoms with Crippen LogP contribution in [-0.2, 0) is 0 Å². The van der Waals surface area contributed by atoms with Crippen LogP contribution in [0.3, 0.4) is 0 Å². The zero-order chi connectivity index (χ0) is 13.4. The van der Waals surface area contributed by atoms with Crippen LogP contribution in [0, 0.1) is 26.7 Å². The average Bonchev–Trinajstić information content (AvgIpc) is 2.96. The molecule has 2 aromatic rings. The van der Waals surface area contributed by atoms with E-state index in [1.165, 1.54) is 22.2 Å². The highest BCUT2D eigenvalue weighted by Crippen LogP contribution is 2.33. The molecule has 0 spiro atoms. The Morgan fingerprint density at radius 3 is 2.89 bits per heavy atom. The Hall–Kier alpha value is -1.20. The molecular formula is C14H20N4S. The van der Waals surface area contributed by atoms with Crippen LogP contribution in [-0.4, -0.2) is 29.6 Å². The maximum atomic E-state index is 4.60. The van der Waals surface area contributed by atoms with E-state index in [0.717, 1.165) is 36.1 Å². The molecule has 2 N–H and O–H groups in total. The number of rotatable bonds is 3. The molecule has 5 heteroatoms. The van der Waals surface area contributed by atoms with E-state index >= 15 is 0 Å². The first-order chi connectivity index (χ1) is 9.15. The van der Waals surface area contributed by atoms with E-state index in [4.69, 9.17) is 0 Å². The Balaban J connectivity index is 1.92. The monoisotopic (exact) mass is 276 g/mol. The third-order valence-corrected chi connectivity index (χ3v) is 4.96. The minimum Gasteiger partial charge on any atom is -0.369 e. The van der Waals surface area contributed by atoms with Crippen molar-refractivity contribution in [1.82, 2.24) is 15.3 Å². The molecular weight excluding hydrogens is 256 g/mol. The fraction of sp³-hybridized carbons (Fsp3) is 0.571. The van der Waals surface area contributed by atoms with Gasteiger partial charge in [-0.3, -0.25) is 0 Å². The second-order valence-corrected chi connectivity index (χ2v) is 6.53. The maximum Gasteiger partial charge on any atom is 0.138 e. The van der Waals surface area contributed by atoms with Gasteiger partial charge in [-0.1, -0.05) is 0 Å². The van der Waals surface area contributed by atoms with Crippen LogP contribution in [0.25, 0.3) is 10.2 Å². The van der Waals surface area contributed by atoms with Crippen molar-refractivity contribution in [1.29, 1.82) is 0 Å². The number of hydrogen-bond donors (Lipinski definition) is 2. The number of aromatic nitrogens is 2. The highest BCUT2D eigenvalue weighted by Gasteiger charge is 2.17. The van der Waals surface area contributed by atoms with Gasteiger partial charge >= 0.3 is 0 Å². The van der Waals surface area contributed by atoms with E-state index in [0.29, 0.717) is 5.92 Å². The van der Waals surface area contributed by atoms with E-state index in [-0.39, 0.29) is 0 Å². The van der Waals surface area contributed by atoms with Gasteiger partial charge in [0, 0.05) is 11.4 Å². The number of fused-ring (bicyclic) bond motifs is 1. The summed E-state index contributed by atoms with van der Waals surface area (Å²) in [6.45, 7) is 9.53. The molecule has 0 aliphatic carbocycles. The molecule has 1 aliphatic heterocycles. The van der Waals surface area contributed by atoms with Gasteiger partial charge in [0.15, 0.2) is 0 Å². The zero-order valence-corrected chi connectivity index (χ0v) is 12.5. The summed E-state index contributed by atoms with van der Waals surface area (Å²) in [5, 5.41) is 8.15. The molecule has 1 unspecified atom stereocenters. The van der Waals surface area contributed by atoms with Crippen molar-refractivity contribution >= 4 is 27.4 Å². The van der Waals surface area contributed by atoms with E-state index in [1.807, 2.05) is 6.92 Å². The smallest absolute Gasteiger partial charge is 0.138 e. The predicted molar refractivity (Wildman–Crippen MR) is 81.1 cm³/mol. The van der Waals surface area contributed by atoms with Gasteiger partial charge in [0.2, 0.25) is 0 Å². The Morgan fingerprint density at radius 1 is 1.32 bits per heavy atom. The molecule has 1 aliphatic rings. The SMILES string of the molecule is Cc1nc(NCC2CCNC2)c2c(C)c(C)sc2n1. The first-order valence-corrected chi connectivity index (χ1v) is 7.65. The van der Waals surface area contributed by atoms with Crippen LogP contribution in [0.15, 0.2) is 0 Å². The van der Waals surface area contributed by atoms with Crippen molar-refractivity contribution in [3.05, 3.63) is 16.3 Å². The maximum absolute atomic E-state index is 4.60. The first-order valence-electron chi connectivity index (χ1n) is 6.84. The number of nitrogens with one attached hydrogen (secondary N) is 2. The highest BCUT2D eigenvalue weighted by atomic mass is 32.1. The van der Waals surface area contributed by atoms with E-state index in [2.05, 4.69) is 34.4 Å². The lowest BCUT2D eigenvalue weighted by molar-refractivity contribution is 0.614. The molecule has 0 aromatic carbocycles. The Labute approximate surface area is 117 Å². The molecule has 4 nitrogen and oxygen atoms in total. The summed E-state index contributed by atoms with van der Waals surface area (Å²) in [7, 11) is 0. The molecule has 19 heavy (non-hydrogen) atoms. The van der Waals surface area contributed by atoms with Crippen LogP contribution in [0.1, 0.15) is 22.7 Å². The quantitative estimate of drug-likeness (QED) is 0.905. The normalized spacial score (nSPS) is 19.2. The van der Waals surface area contributed by atoms with Gasteiger partial charge in [-0.2, -0.15) is 0 Å². The first kappa shape index (κ1) is 12.8. The van der Waals surface area contributed by atoms with Gasteiger partial charge in [-0.25, -0.2) is 9.97 Å². The van der Waals surface area contributed by atoms with Crippen molar-refractivity contribution in [3.63, 3.8) is 0 Å². The van der Waals surface area contributed by atoms with Gasteiger partial charge in [0.25, 0.3) is 0 Å². The summed E-state index contributed by atoms with van der Waals surface area (Å²) in [6.07, 6.45) is 1.25. The van der Waals surface area contributed by atoms with Crippen LogP contribution in [0.2, 0.25) is 0 Å². The Kier molecular flexibility index (Phi) is 3.41. The van der Waals surface area contributed by atoms with Crippen LogP contribution < -0.4 is 10.6 Å². The summed E-state index contributed by atoms with van der Waals surface area (Å²) in [5.41, 5.74) is 1.31. The fourth-order valence-corrected chi connectivity index (χ4v) is 3.69. The lowest BCUT2D eigenvalue weighted by Crippen LogP contribution is -2.18. The average molecular weight is 276 g/mol. The van der Waals surface area contributed by atoms with Crippen LogP contribution in [0.4, 0.5) is 5.82 Å².